The zero-order chi connectivity index (χ0) is 15.7. The van der Waals surface area contributed by atoms with Crippen molar-refractivity contribution in [1.29, 1.82) is 0 Å². The molecule has 4 rings (SSSR count). The maximum atomic E-state index is 11.8. The molecule has 0 heterocycles. The van der Waals surface area contributed by atoms with Gasteiger partial charge >= 0.3 is 0 Å². The molecule has 0 aromatic carbocycles. The number of hydrogen-bond donors (Lipinski definition) is 0. The summed E-state index contributed by atoms with van der Waals surface area (Å²) in [5, 5.41) is 0. The van der Waals surface area contributed by atoms with Crippen LogP contribution in [0.2, 0.25) is 0 Å². The van der Waals surface area contributed by atoms with Gasteiger partial charge in [0.2, 0.25) is 0 Å². The van der Waals surface area contributed by atoms with Crippen LogP contribution in [0.4, 0.5) is 0 Å². The van der Waals surface area contributed by atoms with E-state index >= 15 is 0 Å². The summed E-state index contributed by atoms with van der Waals surface area (Å²) in [6, 6.07) is 0. The highest BCUT2D eigenvalue weighted by Gasteiger charge is 2.50. The molecule has 0 bridgehead atoms. The zero-order valence-electron chi connectivity index (χ0n) is 14.2. The molecule has 4 aliphatic rings. The van der Waals surface area contributed by atoms with Crippen molar-refractivity contribution in [2.24, 2.45) is 22.7 Å². The highest BCUT2D eigenvalue weighted by atomic mass is 16.1. The average Bonchev–Trinajstić information content (AvgIpc) is 2.77. The molecule has 0 spiro atoms. The normalized spacial score (nSPS) is 43.4. The van der Waals surface area contributed by atoms with E-state index < -0.39 is 0 Å². The first-order chi connectivity index (χ1) is 10.4. The fourth-order valence-electron chi connectivity index (χ4n) is 5.36. The van der Waals surface area contributed by atoms with Gasteiger partial charge in [-0.2, -0.15) is 0 Å². The maximum Gasteiger partial charge on any atom is 0.178 e. The van der Waals surface area contributed by atoms with Crippen LogP contribution in [0.15, 0.2) is 46.6 Å². The van der Waals surface area contributed by atoms with Crippen molar-refractivity contribution in [1.82, 2.24) is 0 Å². The van der Waals surface area contributed by atoms with E-state index in [1.165, 1.54) is 24.8 Å². The number of rotatable bonds is 0. The molecule has 0 aliphatic heterocycles. The number of fused-ring (bicyclic) bond motifs is 4. The van der Waals surface area contributed by atoms with Crippen molar-refractivity contribution in [3.63, 3.8) is 0 Å². The summed E-state index contributed by atoms with van der Waals surface area (Å²) in [6.45, 7) is 9.56. The van der Waals surface area contributed by atoms with E-state index in [4.69, 9.17) is 0 Å². The molecule has 22 heavy (non-hydrogen) atoms. The monoisotopic (exact) mass is 294 g/mol. The van der Waals surface area contributed by atoms with Crippen molar-refractivity contribution < 1.29 is 4.79 Å². The van der Waals surface area contributed by atoms with Gasteiger partial charge in [-0.3, -0.25) is 4.79 Å². The summed E-state index contributed by atoms with van der Waals surface area (Å²) < 4.78 is 0. The quantitative estimate of drug-likeness (QED) is 0.603. The predicted molar refractivity (Wildman–Crippen MR) is 90.3 cm³/mol. The van der Waals surface area contributed by atoms with E-state index in [1.54, 1.807) is 22.8 Å². The summed E-state index contributed by atoms with van der Waals surface area (Å²) >= 11 is 0. The molecule has 0 saturated heterocycles. The van der Waals surface area contributed by atoms with Gasteiger partial charge in [0.1, 0.15) is 0 Å². The Morgan fingerprint density at radius 1 is 1.23 bits per heavy atom. The maximum absolute atomic E-state index is 11.8. The third kappa shape index (κ3) is 1.63. The van der Waals surface area contributed by atoms with E-state index in [9.17, 15) is 4.79 Å². The SMILES string of the molecule is CC1CC2=CC(=O)C=CC2(C)C2=C1C1=CCC(C)C1(C)CC2. The van der Waals surface area contributed by atoms with Gasteiger partial charge in [-0.15, -0.1) is 0 Å². The van der Waals surface area contributed by atoms with Crippen LogP contribution in [0.5, 0.6) is 0 Å². The lowest BCUT2D eigenvalue weighted by Crippen LogP contribution is -2.38. The van der Waals surface area contributed by atoms with Crippen LogP contribution < -0.4 is 0 Å². The molecule has 4 atom stereocenters. The molecule has 0 fully saturated rings. The smallest absolute Gasteiger partial charge is 0.178 e. The number of ketones is 1. The fourth-order valence-corrected chi connectivity index (χ4v) is 5.36. The van der Waals surface area contributed by atoms with Gasteiger partial charge in [-0.25, -0.2) is 0 Å². The summed E-state index contributed by atoms with van der Waals surface area (Å²) in [5.74, 6) is 1.47. The molecular weight excluding hydrogens is 268 g/mol. The van der Waals surface area contributed by atoms with Crippen LogP contribution in [0, 0.1) is 22.7 Å². The summed E-state index contributed by atoms with van der Waals surface area (Å²) in [7, 11) is 0. The van der Waals surface area contributed by atoms with E-state index in [0.29, 0.717) is 11.3 Å². The lowest BCUT2D eigenvalue weighted by molar-refractivity contribution is -0.110. The first-order valence-electron chi connectivity index (χ1n) is 8.75. The van der Waals surface area contributed by atoms with Gasteiger partial charge in [-0.05, 0) is 73.2 Å². The number of carbonyl (C=O) groups excluding carboxylic acids is 1. The van der Waals surface area contributed by atoms with Gasteiger partial charge in [0, 0.05) is 5.41 Å². The van der Waals surface area contributed by atoms with Crippen LogP contribution in [0.25, 0.3) is 0 Å². The van der Waals surface area contributed by atoms with Crippen molar-refractivity contribution >= 4 is 5.78 Å². The first-order valence-corrected chi connectivity index (χ1v) is 8.75. The van der Waals surface area contributed by atoms with E-state index in [1.807, 2.05) is 6.08 Å². The Morgan fingerprint density at radius 3 is 2.77 bits per heavy atom. The molecule has 0 aromatic rings. The minimum Gasteiger partial charge on any atom is -0.290 e. The topological polar surface area (TPSA) is 17.1 Å². The summed E-state index contributed by atoms with van der Waals surface area (Å²) in [5.41, 5.74) is 6.57. The molecule has 1 heteroatoms. The second-order valence-electron chi connectivity index (χ2n) is 8.28. The molecule has 0 amide bonds. The van der Waals surface area contributed by atoms with Crippen LogP contribution in [-0.4, -0.2) is 5.78 Å². The van der Waals surface area contributed by atoms with Crippen LogP contribution in [-0.2, 0) is 4.79 Å². The molecular formula is C21H26O. The molecule has 0 N–H and O–H groups in total. The summed E-state index contributed by atoms with van der Waals surface area (Å²) in [6.07, 6.45) is 13.1. The molecule has 0 radical (unpaired) electrons. The Hall–Kier alpha value is -1.37. The van der Waals surface area contributed by atoms with Gasteiger partial charge in [0.05, 0.1) is 0 Å². The number of allylic oxidation sites excluding steroid dienone is 8. The third-order valence-corrected chi connectivity index (χ3v) is 7.10. The minimum atomic E-state index is -0.0102. The lowest BCUT2D eigenvalue weighted by Gasteiger charge is -2.50. The van der Waals surface area contributed by atoms with Gasteiger partial charge < -0.3 is 0 Å². The zero-order valence-corrected chi connectivity index (χ0v) is 14.2. The van der Waals surface area contributed by atoms with Crippen LogP contribution in [0.3, 0.4) is 0 Å². The van der Waals surface area contributed by atoms with Crippen molar-refractivity contribution in [3.05, 3.63) is 46.6 Å². The molecule has 4 unspecified atom stereocenters. The molecule has 0 aromatic heterocycles. The van der Waals surface area contributed by atoms with Gasteiger partial charge in [-0.1, -0.05) is 44.1 Å². The Bertz CT molecular complexity index is 687. The minimum absolute atomic E-state index is 0.0102. The van der Waals surface area contributed by atoms with E-state index in [2.05, 4.69) is 39.8 Å². The van der Waals surface area contributed by atoms with Crippen molar-refractivity contribution in [3.8, 4) is 0 Å². The van der Waals surface area contributed by atoms with E-state index in [-0.39, 0.29) is 11.2 Å². The standard InChI is InChI=1S/C21H26O/c1-13-11-15-12-16(22)7-9-21(15,4)18-8-10-20(3)14(2)5-6-17(20)19(13)18/h6-7,9,12-14H,5,8,10-11H2,1-4H3. The Labute approximate surface area is 133 Å². The molecule has 1 nitrogen and oxygen atoms in total. The molecule has 116 valence electrons. The van der Waals surface area contributed by atoms with E-state index in [0.717, 1.165) is 12.3 Å². The second kappa shape index (κ2) is 4.34. The lowest BCUT2D eigenvalue weighted by atomic mass is 9.54. The summed E-state index contributed by atoms with van der Waals surface area (Å²) in [4.78, 5) is 11.8. The van der Waals surface area contributed by atoms with Crippen molar-refractivity contribution in [2.75, 3.05) is 0 Å². The van der Waals surface area contributed by atoms with Gasteiger partial charge in [0.15, 0.2) is 5.78 Å². The van der Waals surface area contributed by atoms with Crippen molar-refractivity contribution in [2.45, 2.75) is 53.4 Å². The third-order valence-electron chi connectivity index (χ3n) is 7.10. The highest BCUT2D eigenvalue weighted by molar-refractivity contribution is 6.01. The first kappa shape index (κ1) is 14.2. The predicted octanol–water partition coefficient (Wildman–Crippen LogP) is 5.16. The highest BCUT2D eigenvalue weighted by Crippen LogP contribution is 2.62. The van der Waals surface area contributed by atoms with Gasteiger partial charge in [0.25, 0.3) is 0 Å². The Balaban J connectivity index is 1.91. The average molecular weight is 294 g/mol. The van der Waals surface area contributed by atoms with Crippen LogP contribution >= 0.6 is 0 Å². The largest absolute Gasteiger partial charge is 0.290 e. The fraction of sp³-hybridized carbons (Fsp3) is 0.571. The molecule has 0 saturated carbocycles. The van der Waals surface area contributed by atoms with Crippen LogP contribution in [0.1, 0.15) is 53.4 Å². The Morgan fingerprint density at radius 2 is 2.00 bits per heavy atom. The second-order valence-corrected chi connectivity index (χ2v) is 8.28. The number of carbonyl (C=O) groups is 1. The number of hydrogen-bond acceptors (Lipinski definition) is 1. The molecule has 4 aliphatic carbocycles. The Kier molecular flexibility index (Phi) is 2.81.